The topological polar surface area (TPSA) is 0 Å². The third-order valence-corrected chi connectivity index (χ3v) is 6.03. The fourth-order valence-corrected chi connectivity index (χ4v) is 4.47. The molecular formula is C27H11F9. The molecule has 0 N–H and O–H groups in total. The van der Waals surface area contributed by atoms with Gasteiger partial charge in [-0.05, 0) is 27.8 Å². The van der Waals surface area contributed by atoms with E-state index in [1.165, 1.54) is 36.4 Å². The molecule has 0 bridgehead atoms. The highest BCUT2D eigenvalue weighted by molar-refractivity contribution is 6.15. The van der Waals surface area contributed by atoms with E-state index in [2.05, 4.69) is 0 Å². The van der Waals surface area contributed by atoms with E-state index in [4.69, 9.17) is 0 Å². The summed E-state index contributed by atoms with van der Waals surface area (Å²) in [5.74, 6) is -14.7. The highest BCUT2D eigenvalue weighted by Gasteiger charge is 2.28. The Balaban J connectivity index is 1.97. The maximum absolute atomic E-state index is 15.2. The molecule has 0 spiro atoms. The van der Waals surface area contributed by atoms with E-state index in [-0.39, 0.29) is 33.9 Å². The zero-order chi connectivity index (χ0) is 25.9. The molecule has 0 atom stereocenters. The van der Waals surface area contributed by atoms with Gasteiger partial charge in [-0.1, -0.05) is 36.4 Å². The van der Waals surface area contributed by atoms with Crippen LogP contribution in [0.4, 0.5) is 39.5 Å². The molecule has 0 aliphatic rings. The minimum absolute atomic E-state index is 0.00727. The second-order valence-corrected chi connectivity index (χ2v) is 8.03. The van der Waals surface area contributed by atoms with Crippen molar-refractivity contribution >= 4 is 21.5 Å². The van der Waals surface area contributed by atoms with Gasteiger partial charge in [0.1, 0.15) is 5.82 Å². The van der Waals surface area contributed by atoms with Crippen LogP contribution in [0, 0.1) is 52.4 Å². The Hall–Kier alpha value is -4.01. The predicted octanol–water partition coefficient (Wildman–Crippen LogP) is 8.50. The minimum atomic E-state index is -1.78. The van der Waals surface area contributed by atoms with Crippen LogP contribution in [0.25, 0.3) is 32.7 Å². The van der Waals surface area contributed by atoms with Gasteiger partial charge in [0.15, 0.2) is 46.5 Å². The molecule has 0 amide bonds. The number of hydrogen-bond acceptors (Lipinski definition) is 0. The highest BCUT2D eigenvalue weighted by atomic mass is 19.2. The van der Waals surface area contributed by atoms with Crippen molar-refractivity contribution in [1.82, 2.24) is 0 Å². The molecule has 5 aromatic carbocycles. The Bertz CT molecular complexity index is 1650. The Morgan fingerprint density at radius 1 is 0.417 bits per heavy atom. The van der Waals surface area contributed by atoms with Crippen molar-refractivity contribution in [3.63, 3.8) is 0 Å². The highest BCUT2D eigenvalue weighted by Crippen LogP contribution is 2.44. The lowest BCUT2D eigenvalue weighted by atomic mass is 9.85. The molecule has 0 unspecified atom stereocenters. The summed E-state index contributed by atoms with van der Waals surface area (Å²) in [4.78, 5) is 0. The first-order chi connectivity index (χ1) is 17.1. The smallest absolute Gasteiger partial charge is 0.169 e. The molecule has 0 fully saturated rings. The first kappa shape index (κ1) is 23.7. The fourth-order valence-electron chi connectivity index (χ4n) is 4.47. The van der Waals surface area contributed by atoms with Crippen molar-refractivity contribution in [2.45, 2.75) is 6.42 Å². The van der Waals surface area contributed by atoms with Crippen LogP contribution in [0.2, 0.25) is 0 Å². The van der Waals surface area contributed by atoms with Crippen LogP contribution in [-0.4, -0.2) is 0 Å². The van der Waals surface area contributed by atoms with Gasteiger partial charge in [0, 0.05) is 35.1 Å². The number of hydrogen-bond donors (Lipinski definition) is 0. The van der Waals surface area contributed by atoms with Crippen molar-refractivity contribution in [2.24, 2.45) is 0 Å². The zero-order valence-electron chi connectivity index (χ0n) is 17.8. The summed E-state index contributed by atoms with van der Waals surface area (Å²) in [7, 11) is 0. The van der Waals surface area contributed by atoms with Gasteiger partial charge in [0.2, 0.25) is 0 Å². The van der Waals surface area contributed by atoms with E-state index in [0.29, 0.717) is 0 Å². The number of rotatable bonds is 3. The summed E-state index contributed by atoms with van der Waals surface area (Å²) >= 11 is 0. The molecule has 0 saturated heterocycles. The summed E-state index contributed by atoms with van der Waals surface area (Å²) < 4.78 is 130. The maximum atomic E-state index is 15.2. The third-order valence-electron chi connectivity index (χ3n) is 6.03. The van der Waals surface area contributed by atoms with Crippen molar-refractivity contribution in [3.8, 4) is 11.1 Å². The third kappa shape index (κ3) is 3.49. The molecule has 0 radical (unpaired) electrons. The van der Waals surface area contributed by atoms with Crippen molar-refractivity contribution in [2.75, 3.05) is 0 Å². The van der Waals surface area contributed by atoms with Gasteiger partial charge in [-0.2, -0.15) is 0 Å². The second kappa shape index (κ2) is 8.58. The molecule has 5 aromatic rings. The van der Waals surface area contributed by atoms with Gasteiger partial charge in [-0.15, -0.1) is 0 Å². The Morgan fingerprint density at radius 3 is 1.50 bits per heavy atom. The van der Waals surface area contributed by atoms with Crippen molar-refractivity contribution < 1.29 is 39.5 Å². The van der Waals surface area contributed by atoms with Gasteiger partial charge in [0.25, 0.3) is 0 Å². The number of benzene rings is 5. The molecule has 36 heavy (non-hydrogen) atoms. The van der Waals surface area contributed by atoms with Crippen LogP contribution in [0.5, 0.6) is 0 Å². The van der Waals surface area contributed by atoms with Gasteiger partial charge in [-0.25, -0.2) is 39.5 Å². The first-order valence-corrected chi connectivity index (χ1v) is 10.4. The van der Waals surface area contributed by atoms with E-state index in [1.807, 2.05) is 0 Å². The molecule has 5 rings (SSSR count). The Morgan fingerprint density at radius 2 is 0.917 bits per heavy atom. The maximum Gasteiger partial charge on any atom is 0.169 e. The zero-order valence-corrected chi connectivity index (χ0v) is 17.8. The van der Waals surface area contributed by atoms with E-state index < -0.39 is 80.9 Å². The van der Waals surface area contributed by atoms with Crippen LogP contribution < -0.4 is 0 Å². The monoisotopic (exact) mass is 506 g/mol. The molecule has 0 nitrogen and oxygen atoms in total. The van der Waals surface area contributed by atoms with E-state index in [9.17, 15) is 35.1 Å². The molecule has 0 saturated carbocycles. The first-order valence-electron chi connectivity index (χ1n) is 10.4. The standard InChI is InChI=1S/C27H11F9/c28-16-7-3-6-13-14(8-15-24(33)17(29)9-18(30)25(15)34)11-4-1-2-5-12(11)22(21(13)16)23-26(35)19(31)10-20(32)27(23)36/h1-7,9-10H,8H2. The average Bonchev–Trinajstić information content (AvgIpc) is 2.85. The molecule has 0 aromatic heterocycles. The van der Waals surface area contributed by atoms with Crippen molar-refractivity contribution in [3.05, 3.63) is 118 Å². The minimum Gasteiger partial charge on any atom is -0.206 e. The lowest BCUT2D eigenvalue weighted by molar-refractivity contribution is 0.442. The molecule has 0 aliphatic heterocycles. The van der Waals surface area contributed by atoms with Crippen LogP contribution in [-0.2, 0) is 6.42 Å². The van der Waals surface area contributed by atoms with E-state index in [1.54, 1.807) is 0 Å². The lowest BCUT2D eigenvalue weighted by Crippen LogP contribution is -2.06. The quantitative estimate of drug-likeness (QED) is 0.131. The molecule has 9 heteroatoms. The van der Waals surface area contributed by atoms with Gasteiger partial charge in [-0.3, -0.25) is 0 Å². The van der Waals surface area contributed by atoms with Crippen LogP contribution >= 0.6 is 0 Å². The molecule has 0 heterocycles. The largest absolute Gasteiger partial charge is 0.206 e. The Kier molecular flexibility index (Phi) is 5.65. The average molecular weight is 506 g/mol. The summed E-state index contributed by atoms with van der Waals surface area (Å²) in [6, 6.07) is 8.85. The Labute approximate surface area is 197 Å². The van der Waals surface area contributed by atoms with Crippen LogP contribution in [0.1, 0.15) is 11.1 Å². The summed E-state index contributed by atoms with van der Waals surface area (Å²) in [5, 5.41) is -0.717. The normalized spacial score (nSPS) is 11.6. The van der Waals surface area contributed by atoms with Gasteiger partial charge >= 0.3 is 0 Å². The van der Waals surface area contributed by atoms with Crippen molar-refractivity contribution in [1.29, 1.82) is 0 Å². The summed E-state index contributed by atoms with van der Waals surface area (Å²) in [6.45, 7) is 0. The van der Waals surface area contributed by atoms with E-state index in [0.717, 1.165) is 6.07 Å². The lowest BCUT2D eigenvalue weighted by Gasteiger charge is -2.19. The number of halogens is 9. The molecule has 182 valence electrons. The predicted molar refractivity (Wildman–Crippen MR) is 116 cm³/mol. The fraction of sp³-hybridized carbons (Fsp3) is 0.0370. The van der Waals surface area contributed by atoms with E-state index >= 15 is 4.39 Å². The van der Waals surface area contributed by atoms with Gasteiger partial charge < -0.3 is 0 Å². The molecular weight excluding hydrogens is 495 g/mol. The SMILES string of the molecule is Fc1cc(F)c(F)c(Cc2c3ccccc3c(-c3c(F)c(F)cc(F)c3F)c3c(F)cccc23)c1F. The van der Waals surface area contributed by atoms with Crippen LogP contribution in [0.15, 0.2) is 54.6 Å². The summed E-state index contributed by atoms with van der Waals surface area (Å²) in [5.41, 5.74) is -2.75. The van der Waals surface area contributed by atoms with Crippen LogP contribution in [0.3, 0.4) is 0 Å². The second-order valence-electron chi connectivity index (χ2n) is 8.03. The summed E-state index contributed by atoms with van der Waals surface area (Å²) in [6.07, 6.45) is -0.782. The van der Waals surface area contributed by atoms with Gasteiger partial charge in [0.05, 0.1) is 5.56 Å². The number of fused-ring (bicyclic) bond motifs is 2. The molecule has 0 aliphatic carbocycles.